The molecule has 0 unspecified atom stereocenters. The van der Waals surface area contributed by atoms with E-state index in [9.17, 15) is 9.59 Å². The van der Waals surface area contributed by atoms with E-state index in [1.54, 1.807) is 24.3 Å². The van der Waals surface area contributed by atoms with Gasteiger partial charge in [-0.1, -0.05) is 77.7 Å². The van der Waals surface area contributed by atoms with Crippen molar-refractivity contribution in [3.63, 3.8) is 0 Å². The van der Waals surface area contributed by atoms with Crippen molar-refractivity contribution in [3.8, 4) is 34.5 Å². The van der Waals surface area contributed by atoms with Crippen LogP contribution in [0, 0.1) is 0 Å². The second-order valence-electron chi connectivity index (χ2n) is 18.5. The summed E-state index contributed by atoms with van der Waals surface area (Å²) in [7, 11) is 0. The Morgan fingerprint density at radius 3 is 1.14 bits per heavy atom. The first-order chi connectivity index (χ1) is 38.4. The molecule has 1 aliphatic rings. The Bertz CT molecular complexity index is 2010. The zero-order valence-corrected chi connectivity index (χ0v) is 47.1. The van der Waals surface area contributed by atoms with Crippen LogP contribution in [0.3, 0.4) is 0 Å². The third kappa shape index (κ3) is 29.7. The fourth-order valence-electron chi connectivity index (χ4n) is 7.87. The summed E-state index contributed by atoms with van der Waals surface area (Å²) in [6.07, 6.45) is 27.9. The summed E-state index contributed by atoms with van der Waals surface area (Å²) in [4.78, 5) is 47.2. The van der Waals surface area contributed by atoms with Crippen LogP contribution in [0.1, 0.15) is 153 Å². The van der Waals surface area contributed by atoms with Crippen LogP contribution >= 0.6 is 0 Å². The van der Waals surface area contributed by atoms with Crippen molar-refractivity contribution in [1.82, 2.24) is 0 Å². The summed E-state index contributed by atoms with van der Waals surface area (Å²) in [5, 5.41) is 0. The van der Waals surface area contributed by atoms with E-state index in [0.717, 1.165) is 83.5 Å². The molecule has 16 nitrogen and oxygen atoms in total. The quantitative estimate of drug-likeness (QED) is 0.0117. The molecule has 436 valence electrons. The molecule has 78 heavy (non-hydrogen) atoms. The number of hydrogen-bond acceptors (Lipinski definition) is 16. The maximum absolute atomic E-state index is 13.4. The number of ether oxygens (including phenoxy) is 10. The first-order valence-electron chi connectivity index (χ1n) is 28.4. The highest BCUT2D eigenvalue weighted by Gasteiger charge is 2.26. The van der Waals surface area contributed by atoms with E-state index in [2.05, 4.69) is 40.2 Å². The molecule has 0 bridgehead atoms. The number of carbonyl (C=O) groups is 2. The van der Waals surface area contributed by atoms with Gasteiger partial charge in [-0.15, -0.1) is 13.2 Å². The van der Waals surface area contributed by atoms with E-state index >= 15 is 0 Å². The normalized spacial score (nSPS) is 14.1. The summed E-state index contributed by atoms with van der Waals surface area (Å²) >= 11 is 0. The van der Waals surface area contributed by atoms with Crippen molar-refractivity contribution in [2.75, 3.05) is 79.3 Å². The Hall–Kier alpha value is -5.94. The summed E-state index contributed by atoms with van der Waals surface area (Å²) in [6.45, 7) is 23.9. The van der Waals surface area contributed by atoms with Gasteiger partial charge in [-0.05, 0) is 126 Å². The molecular weight excluding hydrogens is 1000 g/mol. The lowest BCUT2D eigenvalue weighted by molar-refractivity contribution is -0.286. The van der Waals surface area contributed by atoms with Gasteiger partial charge in [0.2, 0.25) is 11.5 Å². The van der Waals surface area contributed by atoms with Crippen molar-refractivity contribution >= 4 is 24.1 Å². The first-order valence-corrected chi connectivity index (χ1v) is 28.4. The number of hydrogen-bond donors (Lipinski definition) is 0. The molecule has 1 aliphatic carbocycles. The average Bonchev–Trinajstić information content (AvgIpc) is 3.47. The molecular formula is C62H92O16. The Morgan fingerprint density at radius 2 is 0.769 bits per heavy atom. The highest BCUT2D eigenvalue weighted by atomic mass is 17.2. The number of benzene rings is 2. The van der Waals surface area contributed by atoms with Crippen LogP contribution in [0.5, 0.6) is 34.5 Å². The Kier molecular flexibility index (Phi) is 38.3. The van der Waals surface area contributed by atoms with E-state index in [0.29, 0.717) is 170 Å². The van der Waals surface area contributed by atoms with Gasteiger partial charge in [-0.25, -0.2) is 29.1 Å². The van der Waals surface area contributed by atoms with Crippen LogP contribution in [0.25, 0.3) is 12.2 Å². The van der Waals surface area contributed by atoms with Gasteiger partial charge in [0.1, 0.15) is 25.4 Å². The lowest BCUT2D eigenvalue weighted by Gasteiger charge is -2.27. The molecule has 2 aromatic rings. The second kappa shape index (κ2) is 45.0. The van der Waals surface area contributed by atoms with Crippen LogP contribution in [0.4, 0.5) is 0 Å². The van der Waals surface area contributed by atoms with Crippen LogP contribution in [0.2, 0.25) is 0 Å². The maximum Gasteiger partial charge on any atom is 0.331 e. The number of esters is 2. The van der Waals surface area contributed by atoms with Gasteiger partial charge in [0.05, 0.1) is 78.6 Å². The lowest BCUT2D eigenvalue weighted by Crippen LogP contribution is -2.29. The third-order valence-corrected chi connectivity index (χ3v) is 12.0. The summed E-state index contributed by atoms with van der Waals surface area (Å²) < 4.78 is 60.5. The fourth-order valence-corrected chi connectivity index (χ4v) is 7.87. The Morgan fingerprint density at radius 1 is 0.423 bits per heavy atom. The van der Waals surface area contributed by atoms with Gasteiger partial charge in [0.25, 0.3) is 0 Å². The molecule has 0 heterocycles. The molecule has 2 aromatic carbocycles. The smallest absolute Gasteiger partial charge is 0.331 e. The SMILES string of the molecule is C=CCOOCCCCOc1ccc(C=CC(=O)OC2CCC(OC(=O)C=Cc3ccc(OCCCCOC=C)c(OCCCCOC=C)c3OCCCCCC)CC2)c(OCCCCCC)c1OCCCCOOCC=C. The van der Waals surface area contributed by atoms with Crippen LogP contribution in [0.15, 0.2) is 87.4 Å². The first kappa shape index (κ1) is 66.3. The molecule has 0 radical (unpaired) electrons. The third-order valence-electron chi connectivity index (χ3n) is 12.0. The van der Waals surface area contributed by atoms with Gasteiger partial charge in [-0.2, -0.15) is 0 Å². The van der Waals surface area contributed by atoms with Crippen LogP contribution < -0.4 is 28.4 Å². The van der Waals surface area contributed by atoms with Crippen LogP contribution in [-0.4, -0.2) is 103 Å². The minimum atomic E-state index is -0.490. The molecule has 0 saturated heterocycles. The Labute approximate surface area is 465 Å². The monoisotopic (exact) mass is 1090 g/mol. The summed E-state index contributed by atoms with van der Waals surface area (Å²) in [6, 6.07) is 7.39. The minimum absolute atomic E-state index is 0.309. The summed E-state index contributed by atoms with van der Waals surface area (Å²) in [5.41, 5.74) is 1.31. The zero-order chi connectivity index (χ0) is 55.9. The summed E-state index contributed by atoms with van der Waals surface area (Å²) in [5.74, 6) is 2.06. The van der Waals surface area contributed by atoms with Crippen molar-refractivity contribution in [2.45, 2.75) is 154 Å². The lowest BCUT2D eigenvalue weighted by atomic mass is 9.95. The number of carbonyl (C=O) groups excluding carboxylic acids is 2. The van der Waals surface area contributed by atoms with E-state index in [1.807, 2.05) is 24.3 Å². The average molecular weight is 1090 g/mol. The van der Waals surface area contributed by atoms with Gasteiger partial charge in [-0.3, -0.25) is 0 Å². The van der Waals surface area contributed by atoms with Crippen molar-refractivity contribution < 1.29 is 76.5 Å². The van der Waals surface area contributed by atoms with Crippen molar-refractivity contribution in [1.29, 1.82) is 0 Å². The molecule has 0 N–H and O–H groups in total. The standard InChI is InChI=1S/C62H92O16/c1-7-13-15-17-45-69-59-51(27-35-55(67-43-21-19-41-65-11-5)61(59)71-47-22-20-42-66-12-6)29-37-57(63)77-53-31-33-54(34-32-53)78-58(64)38-30-52-28-36-56(68-44-23-25-49-75-73-39-9-3)62(60(52)70-46-18-16-14-8-2)72-48-24-26-50-76-74-40-10-4/h9-12,27-30,35-38,53-54H,3-8,13-26,31-34,39-50H2,1-2H3. The molecule has 1 saturated carbocycles. The number of unbranched alkanes of at least 4 members (excludes halogenated alkanes) is 10. The van der Waals surface area contributed by atoms with Gasteiger partial charge >= 0.3 is 11.9 Å². The molecule has 0 atom stereocenters. The van der Waals surface area contributed by atoms with Crippen molar-refractivity contribution in [3.05, 3.63) is 98.5 Å². The van der Waals surface area contributed by atoms with Crippen LogP contribution in [-0.2, 0) is 48.1 Å². The van der Waals surface area contributed by atoms with E-state index < -0.39 is 11.9 Å². The predicted molar refractivity (Wildman–Crippen MR) is 304 cm³/mol. The largest absolute Gasteiger partial charge is 0.502 e. The van der Waals surface area contributed by atoms with Crippen molar-refractivity contribution in [2.24, 2.45) is 0 Å². The highest BCUT2D eigenvalue weighted by Crippen LogP contribution is 2.43. The highest BCUT2D eigenvalue weighted by molar-refractivity contribution is 5.89. The molecule has 0 amide bonds. The van der Waals surface area contributed by atoms with Gasteiger partial charge in [0, 0.05) is 23.3 Å². The fraction of sp³-hybridized carbons (Fsp3) is 0.581. The number of rotatable bonds is 50. The van der Waals surface area contributed by atoms with E-state index in [1.165, 1.54) is 24.7 Å². The molecule has 0 aliphatic heterocycles. The molecule has 16 heteroatoms. The maximum atomic E-state index is 13.4. The van der Waals surface area contributed by atoms with Gasteiger partial charge < -0.3 is 47.4 Å². The predicted octanol–water partition coefficient (Wildman–Crippen LogP) is 14.0. The van der Waals surface area contributed by atoms with E-state index in [4.69, 9.17) is 66.9 Å². The molecule has 0 spiro atoms. The van der Waals surface area contributed by atoms with Gasteiger partial charge in [0.15, 0.2) is 23.0 Å². The second-order valence-corrected chi connectivity index (χ2v) is 18.5. The Balaban J connectivity index is 1.70. The topological polar surface area (TPSA) is 163 Å². The molecule has 3 rings (SSSR count). The minimum Gasteiger partial charge on any atom is -0.502 e. The van der Waals surface area contributed by atoms with E-state index in [-0.39, 0.29) is 12.2 Å². The molecule has 0 aromatic heterocycles. The zero-order valence-electron chi connectivity index (χ0n) is 47.1. The molecule has 1 fully saturated rings.